The number of ether oxygens (including phenoxy) is 2. The van der Waals surface area contributed by atoms with Crippen LogP contribution >= 0.6 is 15.9 Å². The lowest BCUT2D eigenvalue weighted by molar-refractivity contribution is -0.136. The Morgan fingerprint density at radius 3 is 2.44 bits per heavy atom. The van der Waals surface area contributed by atoms with E-state index in [9.17, 15) is 9.59 Å². The van der Waals surface area contributed by atoms with Crippen molar-refractivity contribution in [2.45, 2.75) is 13.5 Å². The molecular formula is C24H22BrN3O4. The Morgan fingerprint density at radius 1 is 1.03 bits per heavy atom. The lowest BCUT2D eigenvalue weighted by atomic mass is 10.2. The van der Waals surface area contributed by atoms with Crippen LogP contribution in [0.15, 0.2) is 76.3 Å². The maximum atomic E-state index is 12.0. The SMILES string of the molecule is COc1cc(/C=N/NC(=O)C(=O)Nc2ccc(C)cc2)cc(Br)c1OCc1ccccc1. The van der Waals surface area contributed by atoms with E-state index in [1.54, 1.807) is 24.3 Å². The van der Waals surface area contributed by atoms with Crippen LogP contribution in [0.5, 0.6) is 11.5 Å². The molecular weight excluding hydrogens is 474 g/mol. The molecule has 0 saturated heterocycles. The zero-order valence-electron chi connectivity index (χ0n) is 17.6. The quantitative estimate of drug-likeness (QED) is 0.288. The highest BCUT2D eigenvalue weighted by Gasteiger charge is 2.14. The largest absolute Gasteiger partial charge is 0.493 e. The molecule has 8 heteroatoms. The molecule has 0 aliphatic rings. The topological polar surface area (TPSA) is 89.0 Å². The zero-order valence-corrected chi connectivity index (χ0v) is 19.2. The number of nitrogens with one attached hydrogen (secondary N) is 2. The number of carbonyl (C=O) groups is 2. The number of hydrazone groups is 1. The van der Waals surface area contributed by atoms with Crippen molar-refractivity contribution in [3.05, 3.63) is 87.9 Å². The van der Waals surface area contributed by atoms with Crippen LogP contribution in [0.4, 0.5) is 5.69 Å². The maximum absolute atomic E-state index is 12.0. The molecule has 0 spiro atoms. The van der Waals surface area contributed by atoms with Crippen LogP contribution < -0.4 is 20.2 Å². The third-order valence-electron chi connectivity index (χ3n) is 4.37. The van der Waals surface area contributed by atoms with Crippen molar-refractivity contribution < 1.29 is 19.1 Å². The first kappa shape index (κ1) is 23.0. The van der Waals surface area contributed by atoms with E-state index >= 15 is 0 Å². The van der Waals surface area contributed by atoms with E-state index in [1.807, 2.05) is 49.4 Å². The summed E-state index contributed by atoms with van der Waals surface area (Å²) in [7, 11) is 1.54. The van der Waals surface area contributed by atoms with E-state index in [0.29, 0.717) is 33.8 Å². The van der Waals surface area contributed by atoms with Crippen LogP contribution in [0, 0.1) is 6.92 Å². The molecule has 3 rings (SSSR count). The minimum atomic E-state index is -0.879. The van der Waals surface area contributed by atoms with Gasteiger partial charge in [0, 0.05) is 5.69 Å². The lowest BCUT2D eigenvalue weighted by Crippen LogP contribution is -2.32. The van der Waals surface area contributed by atoms with Gasteiger partial charge in [-0.3, -0.25) is 9.59 Å². The van der Waals surface area contributed by atoms with Gasteiger partial charge in [0.25, 0.3) is 0 Å². The summed E-state index contributed by atoms with van der Waals surface area (Å²) < 4.78 is 12.0. The molecule has 0 radical (unpaired) electrons. The number of nitrogens with zero attached hydrogens (tertiary/aromatic N) is 1. The van der Waals surface area contributed by atoms with E-state index < -0.39 is 11.8 Å². The number of aryl methyl sites for hydroxylation is 1. The summed E-state index contributed by atoms with van der Waals surface area (Å²) in [6.45, 7) is 2.32. The van der Waals surface area contributed by atoms with Crippen LogP contribution in [0.2, 0.25) is 0 Å². The van der Waals surface area contributed by atoms with Gasteiger partial charge >= 0.3 is 11.8 Å². The lowest BCUT2D eigenvalue weighted by Gasteiger charge is -2.13. The third kappa shape index (κ3) is 6.42. The van der Waals surface area contributed by atoms with E-state index in [-0.39, 0.29) is 0 Å². The predicted octanol–water partition coefficient (Wildman–Crippen LogP) is 4.43. The number of halogens is 1. The predicted molar refractivity (Wildman–Crippen MR) is 127 cm³/mol. The van der Waals surface area contributed by atoms with Crippen molar-refractivity contribution in [3.63, 3.8) is 0 Å². The van der Waals surface area contributed by atoms with E-state index in [1.165, 1.54) is 13.3 Å². The Morgan fingerprint density at radius 2 is 1.75 bits per heavy atom. The summed E-state index contributed by atoms with van der Waals surface area (Å²) in [4.78, 5) is 24.0. The molecule has 0 unspecified atom stereocenters. The molecule has 0 saturated carbocycles. The summed E-state index contributed by atoms with van der Waals surface area (Å²) >= 11 is 3.48. The average Bonchev–Trinajstić information content (AvgIpc) is 2.80. The highest BCUT2D eigenvalue weighted by molar-refractivity contribution is 9.10. The molecule has 7 nitrogen and oxygen atoms in total. The maximum Gasteiger partial charge on any atom is 0.329 e. The van der Waals surface area contributed by atoms with Gasteiger partial charge in [0.15, 0.2) is 11.5 Å². The normalized spacial score (nSPS) is 10.6. The third-order valence-corrected chi connectivity index (χ3v) is 4.96. The van der Waals surface area contributed by atoms with Crippen molar-refractivity contribution in [2.24, 2.45) is 5.10 Å². The minimum Gasteiger partial charge on any atom is -0.493 e. The van der Waals surface area contributed by atoms with Gasteiger partial charge in [-0.1, -0.05) is 48.0 Å². The van der Waals surface area contributed by atoms with Gasteiger partial charge in [-0.2, -0.15) is 5.10 Å². The molecule has 3 aromatic rings. The van der Waals surface area contributed by atoms with Crippen molar-refractivity contribution in [3.8, 4) is 11.5 Å². The first-order chi connectivity index (χ1) is 15.5. The average molecular weight is 496 g/mol. The number of hydrogen-bond acceptors (Lipinski definition) is 5. The van der Waals surface area contributed by atoms with Gasteiger partial charge in [-0.15, -0.1) is 0 Å². The molecule has 0 fully saturated rings. The molecule has 0 heterocycles. The number of anilines is 1. The Balaban J connectivity index is 1.61. The van der Waals surface area contributed by atoms with Crippen molar-refractivity contribution in [1.82, 2.24) is 5.43 Å². The monoisotopic (exact) mass is 495 g/mol. The van der Waals surface area contributed by atoms with Crippen molar-refractivity contribution in [1.29, 1.82) is 0 Å². The van der Waals surface area contributed by atoms with Crippen LogP contribution in [0.3, 0.4) is 0 Å². The smallest absolute Gasteiger partial charge is 0.329 e. The van der Waals surface area contributed by atoms with Gasteiger partial charge in [-0.25, -0.2) is 5.43 Å². The molecule has 0 aromatic heterocycles. The van der Waals surface area contributed by atoms with Crippen LogP contribution in [0.25, 0.3) is 0 Å². The highest BCUT2D eigenvalue weighted by Crippen LogP contribution is 2.36. The first-order valence-corrected chi connectivity index (χ1v) is 10.5. The molecule has 2 amide bonds. The van der Waals surface area contributed by atoms with Crippen LogP contribution in [0.1, 0.15) is 16.7 Å². The molecule has 2 N–H and O–H groups in total. The first-order valence-electron chi connectivity index (χ1n) is 9.71. The molecule has 0 atom stereocenters. The minimum absolute atomic E-state index is 0.384. The standard InChI is InChI=1S/C24H22BrN3O4/c1-16-8-10-19(11-9-16)27-23(29)24(30)28-26-14-18-12-20(25)22(21(13-18)31-2)32-15-17-6-4-3-5-7-17/h3-14H,15H2,1-2H3,(H,27,29)(H,28,30)/b26-14+. The zero-order chi connectivity index (χ0) is 22.9. The molecule has 32 heavy (non-hydrogen) atoms. The summed E-state index contributed by atoms with van der Waals surface area (Å²) in [6, 6.07) is 20.4. The van der Waals surface area contributed by atoms with Crippen molar-refractivity contribution >= 4 is 39.6 Å². The number of amides is 2. The number of rotatable bonds is 7. The second-order valence-corrected chi connectivity index (χ2v) is 7.68. The Labute approximate surface area is 194 Å². The molecule has 0 aliphatic heterocycles. The Kier molecular flexibility index (Phi) is 7.99. The van der Waals surface area contributed by atoms with Crippen LogP contribution in [-0.4, -0.2) is 25.1 Å². The second kappa shape index (κ2) is 11.1. The summed E-state index contributed by atoms with van der Waals surface area (Å²) in [6.07, 6.45) is 1.41. The van der Waals surface area contributed by atoms with E-state index in [2.05, 4.69) is 31.8 Å². The molecule has 0 aliphatic carbocycles. The van der Waals surface area contributed by atoms with Gasteiger partial charge in [-0.05, 0) is 58.2 Å². The fraction of sp³-hybridized carbons (Fsp3) is 0.125. The summed E-state index contributed by atoms with van der Waals surface area (Å²) in [5, 5.41) is 6.37. The van der Waals surface area contributed by atoms with Gasteiger partial charge in [0.2, 0.25) is 0 Å². The van der Waals surface area contributed by atoms with E-state index in [4.69, 9.17) is 9.47 Å². The van der Waals surface area contributed by atoms with Gasteiger partial charge in [0.05, 0.1) is 17.8 Å². The number of methoxy groups -OCH3 is 1. The molecule has 3 aromatic carbocycles. The number of carbonyl (C=O) groups excluding carboxylic acids is 2. The Bertz CT molecular complexity index is 1120. The fourth-order valence-electron chi connectivity index (χ4n) is 2.73. The Hall–Kier alpha value is -3.65. The summed E-state index contributed by atoms with van der Waals surface area (Å²) in [5.41, 5.74) is 5.46. The van der Waals surface area contributed by atoms with Gasteiger partial charge < -0.3 is 14.8 Å². The van der Waals surface area contributed by atoms with E-state index in [0.717, 1.165) is 11.1 Å². The van der Waals surface area contributed by atoms with Crippen LogP contribution in [-0.2, 0) is 16.2 Å². The van der Waals surface area contributed by atoms with Crippen molar-refractivity contribution in [2.75, 3.05) is 12.4 Å². The fourth-order valence-corrected chi connectivity index (χ4v) is 3.30. The molecule has 0 bridgehead atoms. The molecule has 164 valence electrons. The summed E-state index contributed by atoms with van der Waals surface area (Å²) in [5.74, 6) is -0.639. The number of benzene rings is 3. The second-order valence-electron chi connectivity index (χ2n) is 6.83. The van der Waals surface area contributed by atoms with Gasteiger partial charge in [0.1, 0.15) is 6.61 Å². The number of hydrogen-bond donors (Lipinski definition) is 2. The highest BCUT2D eigenvalue weighted by atomic mass is 79.9.